The first-order chi connectivity index (χ1) is 12.8. The number of carbonyl (C=O) groups excluding carboxylic acids is 2. The molecule has 148 valence electrons. The Bertz CT molecular complexity index is 967. The van der Waals surface area contributed by atoms with Gasteiger partial charge in [0, 0.05) is 30.8 Å². The molecular formula is C18H20ClN5O4. The van der Waals surface area contributed by atoms with Gasteiger partial charge in [0.2, 0.25) is 0 Å². The number of aryl methyl sites for hydroxylation is 1. The van der Waals surface area contributed by atoms with Crippen molar-refractivity contribution in [2.75, 3.05) is 13.7 Å². The number of amidine groups is 1. The van der Waals surface area contributed by atoms with Crippen molar-refractivity contribution in [2.24, 2.45) is 12.8 Å². The van der Waals surface area contributed by atoms with Gasteiger partial charge >= 0.3 is 5.97 Å². The highest BCUT2D eigenvalue weighted by atomic mass is 35.5. The largest absolute Gasteiger partial charge is 0.466 e. The average molecular weight is 406 g/mol. The number of benzene rings is 1. The van der Waals surface area contributed by atoms with Crippen LogP contribution in [-0.4, -0.2) is 41.1 Å². The molecular weight excluding hydrogens is 386 g/mol. The van der Waals surface area contributed by atoms with E-state index in [9.17, 15) is 14.4 Å². The first kappa shape index (κ1) is 22.6. The van der Waals surface area contributed by atoms with Gasteiger partial charge < -0.3 is 15.8 Å². The molecule has 2 rings (SSSR count). The minimum Gasteiger partial charge on any atom is -0.466 e. The number of hydrogen-bond acceptors (Lipinski definition) is 6. The van der Waals surface area contributed by atoms with E-state index in [2.05, 4.69) is 15.2 Å². The topological polar surface area (TPSA) is 140 Å². The zero-order valence-electron chi connectivity index (χ0n) is 15.3. The second-order valence-corrected chi connectivity index (χ2v) is 5.50. The van der Waals surface area contributed by atoms with Crippen molar-refractivity contribution in [1.82, 2.24) is 15.1 Å². The highest BCUT2D eigenvalue weighted by Crippen LogP contribution is 2.17. The molecule has 1 aromatic carbocycles. The number of nitrogens with one attached hydrogen (secondary N) is 2. The number of aromatic nitrogens is 2. The Kier molecular flexibility index (Phi) is 8.08. The normalized spacial score (nSPS) is 10.2. The Morgan fingerprint density at radius 3 is 2.54 bits per heavy atom. The van der Waals surface area contributed by atoms with E-state index in [1.54, 1.807) is 24.3 Å². The maximum Gasteiger partial charge on any atom is 0.330 e. The monoisotopic (exact) mass is 405 g/mol. The highest BCUT2D eigenvalue weighted by Gasteiger charge is 2.14. The van der Waals surface area contributed by atoms with Crippen LogP contribution < -0.4 is 16.6 Å². The Hall–Kier alpha value is -3.46. The Morgan fingerprint density at radius 1 is 1.32 bits per heavy atom. The van der Waals surface area contributed by atoms with Gasteiger partial charge in [-0.3, -0.25) is 15.0 Å². The van der Waals surface area contributed by atoms with Crippen LogP contribution in [0.15, 0.2) is 47.3 Å². The number of esters is 1. The molecule has 0 aliphatic carbocycles. The van der Waals surface area contributed by atoms with Crippen molar-refractivity contribution in [1.29, 1.82) is 5.41 Å². The lowest BCUT2D eigenvalue weighted by Crippen LogP contribution is -2.33. The molecule has 28 heavy (non-hydrogen) atoms. The fraction of sp³-hybridized carbons (Fsp3) is 0.167. The SMILES string of the molecule is COC(=O)C=CCNC(=O)c1cc(-c2ccc(C(=N)N)cc2)nn(C)c1=O.Cl. The van der Waals surface area contributed by atoms with Gasteiger partial charge in [-0.15, -0.1) is 12.4 Å². The fourth-order valence-electron chi connectivity index (χ4n) is 2.20. The van der Waals surface area contributed by atoms with Gasteiger partial charge in [0.15, 0.2) is 0 Å². The number of hydrogen-bond donors (Lipinski definition) is 3. The predicted octanol–water partition coefficient (Wildman–Crippen LogP) is 0.612. The molecule has 0 unspecified atom stereocenters. The fourth-order valence-corrected chi connectivity index (χ4v) is 2.20. The summed E-state index contributed by atoms with van der Waals surface area (Å²) in [5, 5.41) is 14.1. The summed E-state index contributed by atoms with van der Waals surface area (Å²) in [6.07, 6.45) is 2.59. The van der Waals surface area contributed by atoms with E-state index in [0.717, 1.165) is 4.68 Å². The maximum atomic E-state index is 12.3. The van der Waals surface area contributed by atoms with Gasteiger partial charge in [0.25, 0.3) is 11.5 Å². The smallest absolute Gasteiger partial charge is 0.330 e. The van der Waals surface area contributed by atoms with Gasteiger partial charge in [0.05, 0.1) is 12.8 Å². The van der Waals surface area contributed by atoms with Crippen molar-refractivity contribution < 1.29 is 14.3 Å². The molecule has 1 heterocycles. The number of nitrogen functional groups attached to an aromatic ring is 1. The van der Waals surface area contributed by atoms with Crippen LogP contribution in [0.4, 0.5) is 0 Å². The molecule has 0 saturated heterocycles. The Labute approximate surface area is 167 Å². The van der Waals surface area contributed by atoms with E-state index in [-0.39, 0.29) is 30.4 Å². The first-order valence-electron chi connectivity index (χ1n) is 7.89. The lowest BCUT2D eigenvalue weighted by molar-refractivity contribution is -0.134. The van der Waals surface area contributed by atoms with Crippen molar-refractivity contribution in [3.05, 3.63) is 64.0 Å². The number of nitrogens with zero attached hydrogens (tertiary/aromatic N) is 2. The van der Waals surface area contributed by atoms with Crippen LogP contribution >= 0.6 is 12.4 Å². The molecule has 1 amide bonds. The minimum atomic E-state index is -0.589. The molecule has 4 N–H and O–H groups in total. The summed E-state index contributed by atoms with van der Waals surface area (Å²) >= 11 is 0. The van der Waals surface area contributed by atoms with E-state index in [4.69, 9.17) is 11.1 Å². The summed E-state index contributed by atoms with van der Waals surface area (Å²) in [4.78, 5) is 35.5. The molecule has 2 aromatic rings. The van der Waals surface area contributed by atoms with Crippen molar-refractivity contribution in [3.63, 3.8) is 0 Å². The highest BCUT2D eigenvalue weighted by molar-refractivity contribution is 5.96. The summed E-state index contributed by atoms with van der Waals surface area (Å²) in [5.41, 5.74) is 6.44. The minimum absolute atomic E-state index is 0. The summed E-state index contributed by atoms with van der Waals surface area (Å²) in [7, 11) is 2.69. The molecule has 0 aliphatic heterocycles. The number of rotatable bonds is 6. The third-order valence-electron chi connectivity index (χ3n) is 3.63. The second kappa shape index (κ2) is 10.0. The number of nitrogens with two attached hydrogens (primary N) is 1. The third kappa shape index (κ3) is 5.52. The summed E-state index contributed by atoms with van der Waals surface area (Å²) < 4.78 is 5.52. The molecule has 10 heteroatoms. The van der Waals surface area contributed by atoms with Crippen LogP contribution in [0, 0.1) is 5.41 Å². The van der Waals surface area contributed by atoms with Crippen LogP contribution in [0.25, 0.3) is 11.3 Å². The molecule has 1 aromatic heterocycles. The molecule has 0 fully saturated rings. The van der Waals surface area contributed by atoms with E-state index >= 15 is 0 Å². The van der Waals surface area contributed by atoms with Crippen molar-refractivity contribution in [3.8, 4) is 11.3 Å². The zero-order chi connectivity index (χ0) is 20.0. The van der Waals surface area contributed by atoms with Crippen LogP contribution in [0.1, 0.15) is 15.9 Å². The number of carbonyl (C=O) groups is 2. The molecule has 0 saturated carbocycles. The molecule has 0 atom stereocenters. The summed E-state index contributed by atoms with van der Waals surface area (Å²) in [6, 6.07) is 8.10. The summed E-state index contributed by atoms with van der Waals surface area (Å²) in [5.74, 6) is -1.19. The molecule has 0 radical (unpaired) electrons. The lowest BCUT2D eigenvalue weighted by Gasteiger charge is -2.08. The number of ether oxygens (including phenoxy) is 1. The molecule has 9 nitrogen and oxygen atoms in total. The quantitative estimate of drug-likeness (QED) is 0.278. The molecule has 0 aliphatic rings. The van der Waals surface area contributed by atoms with Gasteiger partial charge in [-0.25, -0.2) is 9.48 Å². The number of methoxy groups -OCH3 is 1. The molecule has 0 spiro atoms. The van der Waals surface area contributed by atoms with Crippen LogP contribution in [0.3, 0.4) is 0 Å². The molecule has 0 bridgehead atoms. The Morgan fingerprint density at radius 2 is 1.96 bits per heavy atom. The van der Waals surface area contributed by atoms with E-state index < -0.39 is 17.4 Å². The predicted molar refractivity (Wildman–Crippen MR) is 107 cm³/mol. The van der Waals surface area contributed by atoms with Gasteiger partial charge in [-0.05, 0) is 6.07 Å². The van der Waals surface area contributed by atoms with Crippen molar-refractivity contribution >= 4 is 30.1 Å². The third-order valence-corrected chi connectivity index (χ3v) is 3.63. The van der Waals surface area contributed by atoms with Crippen molar-refractivity contribution in [2.45, 2.75) is 0 Å². The maximum absolute atomic E-state index is 12.3. The van der Waals surface area contributed by atoms with Crippen LogP contribution in [0.5, 0.6) is 0 Å². The van der Waals surface area contributed by atoms with Gasteiger partial charge in [-0.2, -0.15) is 5.10 Å². The average Bonchev–Trinajstić information content (AvgIpc) is 2.66. The standard InChI is InChI=1S/C18H19N5O4.ClH/c1-23-18(26)13(17(25)21-9-3-4-15(24)27-2)10-14(22-23)11-5-7-12(8-6-11)16(19)20;/h3-8,10H,9H2,1-2H3,(H3,19,20)(H,21,25);1H. The van der Waals surface area contributed by atoms with Crippen LogP contribution in [0.2, 0.25) is 0 Å². The number of halogens is 1. The van der Waals surface area contributed by atoms with Crippen LogP contribution in [-0.2, 0) is 16.6 Å². The second-order valence-electron chi connectivity index (χ2n) is 5.50. The Balaban J connectivity index is 0.00000392. The van der Waals surface area contributed by atoms with E-state index in [1.165, 1.54) is 32.4 Å². The van der Waals surface area contributed by atoms with E-state index in [1.807, 2.05) is 0 Å². The van der Waals surface area contributed by atoms with Gasteiger partial charge in [0.1, 0.15) is 11.4 Å². The zero-order valence-corrected chi connectivity index (χ0v) is 16.1. The number of amides is 1. The lowest BCUT2D eigenvalue weighted by atomic mass is 10.1. The first-order valence-corrected chi connectivity index (χ1v) is 7.89. The van der Waals surface area contributed by atoms with Gasteiger partial charge in [-0.1, -0.05) is 30.3 Å². The van der Waals surface area contributed by atoms with E-state index in [0.29, 0.717) is 16.8 Å². The summed E-state index contributed by atoms with van der Waals surface area (Å²) in [6.45, 7) is 0.0576.